The summed E-state index contributed by atoms with van der Waals surface area (Å²) in [5, 5.41) is 0. The Balaban J connectivity index is 1.67. The van der Waals surface area contributed by atoms with Gasteiger partial charge in [-0.2, -0.15) is 0 Å². The largest absolute Gasteiger partial charge is 0.497 e. The van der Waals surface area contributed by atoms with Crippen molar-refractivity contribution < 1.29 is 27.6 Å². The lowest BCUT2D eigenvalue weighted by atomic mass is 9.93. The summed E-state index contributed by atoms with van der Waals surface area (Å²) in [5.41, 5.74) is 0.685. The zero-order valence-corrected chi connectivity index (χ0v) is 21.2. The number of carbonyl (C=O) groups excluding carboxylic acids is 2. The maximum Gasteiger partial charge on any atom is 0.326 e. The molecule has 0 saturated carbocycles. The molecule has 0 aromatic heterocycles. The van der Waals surface area contributed by atoms with Crippen molar-refractivity contribution >= 4 is 21.9 Å². The maximum atomic E-state index is 13.3. The van der Waals surface area contributed by atoms with Crippen molar-refractivity contribution in [3.05, 3.63) is 60.2 Å². The van der Waals surface area contributed by atoms with Gasteiger partial charge >= 0.3 is 5.97 Å². The lowest BCUT2D eigenvalue weighted by Crippen LogP contribution is -2.43. The van der Waals surface area contributed by atoms with E-state index in [1.54, 1.807) is 41.3 Å². The molecule has 0 spiro atoms. The van der Waals surface area contributed by atoms with Crippen molar-refractivity contribution in [2.45, 2.75) is 30.7 Å². The number of piperidine rings is 1. The summed E-state index contributed by atoms with van der Waals surface area (Å²) < 4.78 is 32.5. The fourth-order valence-electron chi connectivity index (χ4n) is 3.91. The SMILES string of the molecule is COc1ccc(S(=O)(=O)N(Cc2ccccc2)OC(=O)CC2CCN(C(=O)CN(C)C)CC2)cc1. The quantitative estimate of drug-likeness (QED) is 0.460. The third-order valence-electron chi connectivity index (χ3n) is 5.86. The minimum atomic E-state index is -4.11. The van der Waals surface area contributed by atoms with Crippen molar-refractivity contribution in [1.82, 2.24) is 14.3 Å². The van der Waals surface area contributed by atoms with Gasteiger partial charge in [0, 0.05) is 13.1 Å². The van der Waals surface area contributed by atoms with Gasteiger partial charge in [-0.1, -0.05) is 30.3 Å². The van der Waals surface area contributed by atoms with E-state index in [1.807, 2.05) is 25.1 Å². The summed E-state index contributed by atoms with van der Waals surface area (Å²) in [6.45, 7) is 1.38. The average Bonchev–Trinajstić information content (AvgIpc) is 2.84. The second kappa shape index (κ2) is 12.1. The fourth-order valence-corrected chi connectivity index (χ4v) is 5.12. The van der Waals surface area contributed by atoms with E-state index in [-0.39, 0.29) is 29.7 Å². The van der Waals surface area contributed by atoms with Gasteiger partial charge in [-0.05, 0) is 67.2 Å². The molecule has 2 aromatic carbocycles. The van der Waals surface area contributed by atoms with Crippen molar-refractivity contribution in [2.24, 2.45) is 5.92 Å². The van der Waals surface area contributed by atoms with Crippen LogP contribution in [0.15, 0.2) is 59.5 Å². The number of nitrogens with zero attached hydrogens (tertiary/aromatic N) is 3. The maximum absolute atomic E-state index is 13.3. The van der Waals surface area contributed by atoms with Crippen LogP contribution >= 0.6 is 0 Å². The number of ether oxygens (including phenoxy) is 1. The first-order valence-corrected chi connectivity index (χ1v) is 13.0. The monoisotopic (exact) mass is 503 g/mol. The van der Waals surface area contributed by atoms with E-state index in [0.29, 0.717) is 43.8 Å². The Kier molecular flexibility index (Phi) is 9.25. The zero-order valence-electron chi connectivity index (χ0n) is 20.4. The van der Waals surface area contributed by atoms with Gasteiger partial charge in [0.1, 0.15) is 5.75 Å². The molecule has 1 aliphatic rings. The first-order chi connectivity index (χ1) is 16.7. The van der Waals surface area contributed by atoms with Crippen molar-refractivity contribution in [2.75, 3.05) is 40.8 Å². The minimum Gasteiger partial charge on any atom is -0.497 e. The summed E-state index contributed by atoms with van der Waals surface area (Å²) in [7, 11) is 1.08. The van der Waals surface area contributed by atoms with Crippen LogP contribution in [0.4, 0.5) is 0 Å². The number of likely N-dealkylation sites (tertiary alicyclic amines) is 1. The molecule has 10 heteroatoms. The molecule has 35 heavy (non-hydrogen) atoms. The van der Waals surface area contributed by atoms with Crippen molar-refractivity contribution in [3.63, 3.8) is 0 Å². The lowest BCUT2D eigenvalue weighted by molar-refractivity contribution is -0.172. The Morgan fingerprint density at radius 2 is 1.63 bits per heavy atom. The molecule has 0 bridgehead atoms. The molecule has 1 saturated heterocycles. The highest BCUT2D eigenvalue weighted by Gasteiger charge is 2.31. The summed E-state index contributed by atoms with van der Waals surface area (Å²) in [6, 6.07) is 14.9. The molecule has 1 fully saturated rings. The van der Waals surface area contributed by atoms with Crippen LogP contribution in [-0.4, -0.2) is 75.4 Å². The molecule has 3 rings (SSSR count). The smallest absolute Gasteiger partial charge is 0.326 e. The van der Waals surface area contributed by atoms with Crippen LogP contribution in [0.5, 0.6) is 5.75 Å². The molecular formula is C25H33N3O6S. The lowest BCUT2D eigenvalue weighted by Gasteiger charge is -2.32. The van der Waals surface area contributed by atoms with Gasteiger partial charge < -0.3 is 19.4 Å². The van der Waals surface area contributed by atoms with Crippen molar-refractivity contribution in [3.8, 4) is 5.75 Å². The molecule has 1 amide bonds. The average molecular weight is 504 g/mol. The number of methoxy groups -OCH3 is 1. The van der Waals surface area contributed by atoms with Crippen LogP contribution in [0, 0.1) is 5.92 Å². The molecular weight excluding hydrogens is 470 g/mol. The van der Waals surface area contributed by atoms with E-state index in [2.05, 4.69) is 0 Å². The second-order valence-electron chi connectivity index (χ2n) is 8.86. The van der Waals surface area contributed by atoms with E-state index in [0.717, 1.165) is 4.47 Å². The first kappa shape index (κ1) is 26.7. The Morgan fingerprint density at radius 1 is 1.00 bits per heavy atom. The fraction of sp³-hybridized carbons (Fsp3) is 0.440. The summed E-state index contributed by atoms with van der Waals surface area (Å²) in [6.07, 6.45) is 1.41. The van der Waals surface area contributed by atoms with E-state index in [1.165, 1.54) is 19.2 Å². The molecule has 1 aliphatic heterocycles. The highest BCUT2D eigenvalue weighted by atomic mass is 32.2. The number of hydrogen-bond acceptors (Lipinski definition) is 7. The number of hydrogen-bond donors (Lipinski definition) is 0. The molecule has 190 valence electrons. The van der Waals surface area contributed by atoms with Gasteiger partial charge in [-0.3, -0.25) is 9.59 Å². The van der Waals surface area contributed by atoms with Crippen molar-refractivity contribution in [1.29, 1.82) is 0 Å². The standard InChI is InChI=1S/C25H33N3O6S/c1-26(2)19-24(29)27-15-13-20(14-16-27)17-25(30)34-28(18-21-7-5-4-6-8-21)35(31,32)23-11-9-22(33-3)10-12-23/h4-12,20H,13-19H2,1-3H3. The third kappa shape index (κ3) is 7.51. The van der Waals surface area contributed by atoms with Crippen LogP contribution in [0.3, 0.4) is 0 Å². The Bertz CT molecular complexity index is 1080. The predicted octanol–water partition coefficient (Wildman–Crippen LogP) is 2.53. The predicted molar refractivity (Wildman–Crippen MR) is 131 cm³/mol. The number of hydroxylamine groups is 1. The van der Waals surface area contributed by atoms with Crippen LogP contribution in [0.25, 0.3) is 0 Å². The van der Waals surface area contributed by atoms with Crippen LogP contribution in [-0.2, 0) is 31.0 Å². The topological polar surface area (TPSA) is 96.5 Å². The number of amides is 1. The number of benzene rings is 2. The molecule has 0 radical (unpaired) electrons. The highest BCUT2D eigenvalue weighted by molar-refractivity contribution is 7.89. The highest BCUT2D eigenvalue weighted by Crippen LogP contribution is 2.25. The number of carbonyl (C=O) groups is 2. The second-order valence-corrected chi connectivity index (χ2v) is 10.7. The van der Waals surface area contributed by atoms with E-state index >= 15 is 0 Å². The molecule has 0 aliphatic carbocycles. The molecule has 0 unspecified atom stereocenters. The van der Waals surface area contributed by atoms with Crippen LogP contribution in [0.2, 0.25) is 0 Å². The Hall–Kier alpha value is -2.95. The molecule has 9 nitrogen and oxygen atoms in total. The summed E-state index contributed by atoms with van der Waals surface area (Å²) in [4.78, 5) is 34.1. The first-order valence-electron chi connectivity index (χ1n) is 11.5. The van der Waals surface area contributed by atoms with Gasteiger partial charge in [-0.25, -0.2) is 8.42 Å². The normalized spacial score (nSPS) is 14.8. The summed E-state index contributed by atoms with van der Waals surface area (Å²) >= 11 is 0. The Labute approximate surface area is 207 Å². The van der Waals surface area contributed by atoms with Crippen LogP contribution in [0.1, 0.15) is 24.8 Å². The zero-order chi connectivity index (χ0) is 25.4. The molecule has 1 heterocycles. The van der Waals surface area contributed by atoms with E-state index in [4.69, 9.17) is 9.57 Å². The third-order valence-corrected chi connectivity index (χ3v) is 7.47. The molecule has 0 atom stereocenters. The van der Waals surface area contributed by atoms with E-state index < -0.39 is 16.0 Å². The van der Waals surface area contributed by atoms with Crippen LogP contribution < -0.4 is 4.74 Å². The minimum absolute atomic E-state index is 0.00487. The van der Waals surface area contributed by atoms with Gasteiger partial charge in [0.05, 0.1) is 31.5 Å². The number of likely N-dealkylation sites (N-methyl/N-ethyl adjacent to an activating group) is 1. The molecule has 2 aromatic rings. The van der Waals surface area contributed by atoms with E-state index in [9.17, 15) is 18.0 Å². The summed E-state index contributed by atoms with van der Waals surface area (Å²) in [5.74, 6) is -0.00846. The van der Waals surface area contributed by atoms with Gasteiger partial charge in [0.2, 0.25) is 5.91 Å². The number of rotatable bonds is 10. The number of sulfonamides is 1. The van der Waals surface area contributed by atoms with Gasteiger partial charge in [-0.15, -0.1) is 0 Å². The molecule has 0 N–H and O–H groups in total. The Morgan fingerprint density at radius 3 is 2.20 bits per heavy atom. The van der Waals surface area contributed by atoms with Gasteiger partial charge in [0.15, 0.2) is 0 Å². The van der Waals surface area contributed by atoms with Gasteiger partial charge in [0.25, 0.3) is 10.0 Å².